The molecule has 87 heavy (non-hydrogen) atoms. The van der Waals surface area contributed by atoms with Gasteiger partial charge in [0.25, 0.3) is 7.82 Å². The van der Waals surface area contributed by atoms with Crippen LogP contribution in [0.25, 0.3) is 0 Å². The molecule has 0 aromatic heterocycles. The van der Waals surface area contributed by atoms with Crippen LogP contribution >= 0.6 is 7.82 Å². The molecule has 0 aliphatic carbocycles. The van der Waals surface area contributed by atoms with Crippen LogP contribution in [0.2, 0.25) is 0 Å². The summed E-state index contributed by atoms with van der Waals surface area (Å²) in [7, 11) is 1.27. The smallest absolute Gasteiger partial charge is 0.268 e. The van der Waals surface area contributed by atoms with Gasteiger partial charge in [0.05, 0.1) is 39.9 Å². The molecule has 518 valence electrons. The number of allylic oxidation sites excluding steroid dienone is 3. The highest BCUT2D eigenvalue weighted by atomic mass is 31.2. The second kappa shape index (κ2) is 69.3. The maximum absolute atomic E-state index is 13.1. The highest BCUT2D eigenvalue weighted by Crippen LogP contribution is 2.38. The van der Waals surface area contributed by atoms with Crippen molar-refractivity contribution in [3.8, 4) is 0 Å². The summed E-state index contributed by atoms with van der Waals surface area (Å²) in [6, 6.07) is -0.902. The van der Waals surface area contributed by atoms with E-state index < -0.39 is 20.0 Å². The fourth-order valence-corrected chi connectivity index (χ4v) is 13.1. The van der Waals surface area contributed by atoms with E-state index in [2.05, 4.69) is 31.3 Å². The summed E-state index contributed by atoms with van der Waals surface area (Å²) in [5.41, 5.74) is 0. The number of aliphatic hydroxyl groups excluding tert-OH is 1. The van der Waals surface area contributed by atoms with Gasteiger partial charge in [-0.05, 0) is 32.1 Å². The molecule has 9 heteroatoms. The molecule has 0 spiro atoms. The van der Waals surface area contributed by atoms with E-state index in [1.54, 1.807) is 6.08 Å². The first-order valence-corrected chi connectivity index (χ1v) is 40.7. The van der Waals surface area contributed by atoms with Gasteiger partial charge >= 0.3 is 0 Å². The van der Waals surface area contributed by atoms with E-state index in [-0.39, 0.29) is 19.1 Å². The van der Waals surface area contributed by atoms with Gasteiger partial charge in [0.15, 0.2) is 0 Å². The number of carbonyl (C=O) groups excluding carboxylic acids is 1. The third-order valence-corrected chi connectivity index (χ3v) is 19.4. The molecule has 3 unspecified atom stereocenters. The van der Waals surface area contributed by atoms with E-state index in [1.165, 1.54) is 360 Å². The van der Waals surface area contributed by atoms with Gasteiger partial charge in [-0.3, -0.25) is 9.36 Å². The zero-order valence-electron chi connectivity index (χ0n) is 59.5. The van der Waals surface area contributed by atoms with Crippen LogP contribution in [0.1, 0.15) is 418 Å². The predicted octanol–water partition coefficient (Wildman–Crippen LogP) is 24.8. The number of carbonyl (C=O) groups is 1. The van der Waals surface area contributed by atoms with Gasteiger partial charge in [0.2, 0.25) is 5.91 Å². The van der Waals surface area contributed by atoms with Crippen LogP contribution < -0.4 is 10.2 Å². The Bertz CT molecular complexity index is 1470. The second-order valence-corrected chi connectivity index (χ2v) is 29.8. The van der Waals surface area contributed by atoms with E-state index >= 15 is 0 Å². The van der Waals surface area contributed by atoms with E-state index in [0.717, 1.165) is 38.5 Å². The van der Waals surface area contributed by atoms with Crippen LogP contribution in [-0.2, 0) is 18.4 Å². The number of unbranched alkanes of at least 4 members (excludes halogenated alkanes) is 59. The van der Waals surface area contributed by atoms with Crippen molar-refractivity contribution in [3.63, 3.8) is 0 Å². The molecular formula is C78H155N2O6P. The summed E-state index contributed by atoms with van der Waals surface area (Å²) in [4.78, 5) is 25.7. The standard InChI is InChI=1S/C78H155N2O6P/c1-6-8-10-12-14-16-18-20-22-24-26-28-30-32-34-35-36-37-38-39-40-41-42-43-44-46-48-50-52-54-56-58-60-62-64-66-68-70-72-78(82)79-76(75-86-87(83,84)85-74-73-80(3,4)5)77(81)71-69-67-65-63-61-59-57-55-53-51-49-47-45-33-31-29-27-25-23-21-19-17-15-13-11-9-7-2/h61,63,69,71,76-77,81H,6-60,62,64-68,70,72-75H2,1-5H3,(H-,79,82,83,84)/b63-61+,71-69+. The molecule has 2 N–H and O–H groups in total. The van der Waals surface area contributed by atoms with Crippen molar-refractivity contribution in [1.29, 1.82) is 0 Å². The largest absolute Gasteiger partial charge is 0.756 e. The number of nitrogens with zero attached hydrogens (tertiary/aromatic N) is 1. The molecule has 0 saturated heterocycles. The zero-order valence-corrected chi connectivity index (χ0v) is 60.4. The minimum absolute atomic E-state index is 0.00330. The zero-order chi connectivity index (χ0) is 63.4. The normalized spacial score (nSPS) is 13.6. The average Bonchev–Trinajstić information content (AvgIpc) is 3.71. The molecule has 0 radical (unpaired) electrons. The molecule has 0 aliphatic heterocycles. The molecule has 8 nitrogen and oxygen atoms in total. The van der Waals surface area contributed by atoms with E-state index in [4.69, 9.17) is 9.05 Å². The number of phosphoric ester groups is 1. The molecule has 0 fully saturated rings. The molecule has 0 aliphatic rings. The maximum atomic E-state index is 13.1. The average molecular weight is 1250 g/mol. The fraction of sp³-hybridized carbons (Fsp3) is 0.936. The lowest BCUT2D eigenvalue weighted by molar-refractivity contribution is -0.870. The van der Waals surface area contributed by atoms with Crippen LogP contribution in [0.5, 0.6) is 0 Å². The molecule has 0 rings (SSSR count). The first kappa shape index (κ1) is 86.0. The number of nitrogens with one attached hydrogen (secondary N) is 1. The molecule has 0 bridgehead atoms. The molecular weight excluding hydrogens is 1090 g/mol. The SMILES string of the molecule is CCCCCCCCCCCCCCCCCCCCCCC/C=C/CC/C=C/C(O)C(COP(=O)([O-])OCC[N+](C)(C)C)NC(=O)CCCCCCCCCCCCCCCCCCCCCCCCCCCCCCCCCCCCCCCC. The summed E-state index contributed by atoms with van der Waals surface area (Å²) < 4.78 is 23.5. The minimum Gasteiger partial charge on any atom is -0.756 e. The number of quaternary nitrogens is 1. The number of phosphoric acid groups is 1. The van der Waals surface area contributed by atoms with Crippen molar-refractivity contribution >= 4 is 13.7 Å². The first-order chi connectivity index (χ1) is 42.5. The van der Waals surface area contributed by atoms with Crippen LogP contribution in [-0.4, -0.2) is 68.5 Å². The van der Waals surface area contributed by atoms with Crippen LogP contribution in [0.4, 0.5) is 0 Å². The van der Waals surface area contributed by atoms with E-state index in [1.807, 2.05) is 27.2 Å². The third-order valence-electron chi connectivity index (χ3n) is 18.4. The third kappa shape index (κ3) is 72.3. The Labute approximate surface area is 545 Å². The van der Waals surface area contributed by atoms with Crippen molar-refractivity contribution in [2.24, 2.45) is 0 Å². The highest BCUT2D eigenvalue weighted by molar-refractivity contribution is 7.45. The lowest BCUT2D eigenvalue weighted by Gasteiger charge is -2.29. The molecule has 1 amide bonds. The number of likely N-dealkylation sites (N-methyl/N-ethyl adjacent to an activating group) is 1. The summed E-state index contributed by atoms with van der Waals surface area (Å²) in [6.07, 6.45) is 92.1. The minimum atomic E-state index is -4.61. The van der Waals surface area contributed by atoms with Crippen LogP contribution in [0.3, 0.4) is 0 Å². The lowest BCUT2D eigenvalue weighted by atomic mass is 10.0. The van der Waals surface area contributed by atoms with Gasteiger partial charge < -0.3 is 28.8 Å². The monoisotopic (exact) mass is 1250 g/mol. The second-order valence-electron chi connectivity index (χ2n) is 28.4. The fourth-order valence-electron chi connectivity index (χ4n) is 12.4. The van der Waals surface area contributed by atoms with E-state index in [0.29, 0.717) is 17.4 Å². The Morgan fingerprint density at radius 3 is 0.931 bits per heavy atom. The van der Waals surface area contributed by atoms with Gasteiger partial charge in [-0.15, -0.1) is 0 Å². The van der Waals surface area contributed by atoms with Crippen LogP contribution in [0.15, 0.2) is 24.3 Å². The molecule has 0 aromatic rings. The van der Waals surface area contributed by atoms with Gasteiger partial charge in [-0.1, -0.05) is 404 Å². The highest BCUT2D eigenvalue weighted by Gasteiger charge is 2.23. The summed E-state index contributed by atoms with van der Waals surface area (Å²) in [5.74, 6) is -0.197. The quantitative estimate of drug-likeness (QED) is 0.0272. The van der Waals surface area contributed by atoms with Crippen molar-refractivity contribution < 1.29 is 32.9 Å². The van der Waals surface area contributed by atoms with Gasteiger partial charge in [-0.25, -0.2) is 0 Å². The Balaban J connectivity index is 3.95. The number of hydrogen-bond donors (Lipinski definition) is 2. The Hall–Kier alpha value is -1.02. The Morgan fingerprint density at radius 1 is 0.391 bits per heavy atom. The molecule has 0 saturated carbocycles. The molecule has 3 atom stereocenters. The van der Waals surface area contributed by atoms with Gasteiger partial charge in [-0.2, -0.15) is 0 Å². The van der Waals surface area contributed by atoms with Crippen molar-refractivity contribution in [1.82, 2.24) is 5.32 Å². The van der Waals surface area contributed by atoms with Crippen molar-refractivity contribution in [3.05, 3.63) is 24.3 Å². The van der Waals surface area contributed by atoms with Crippen molar-refractivity contribution in [2.75, 3.05) is 40.9 Å². The number of aliphatic hydroxyl groups is 1. The topological polar surface area (TPSA) is 108 Å². The summed E-state index contributed by atoms with van der Waals surface area (Å²) in [6.45, 7) is 4.70. The van der Waals surface area contributed by atoms with Gasteiger partial charge in [0.1, 0.15) is 13.2 Å². The van der Waals surface area contributed by atoms with Crippen LogP contribution in [0, 0.1) is 0 Å². The molecule has 0 aromatic carbocycles. The summed E-state index contributed by atoms with van der Waals surface area (Å²) in [5, 5.41) is 14.0. The number of hydrogen-bond acceptors (Lipinski definition) is 6. The summed E-state index contributed by atoms with van der Waals surface area (Å²) >= 11 is 0. The molecule has 0 heterocycles. The van der Waals surface area contributed by atoms with Crippen molar-refractivity contribution in [2.45, 2.75) is 431 Å². The maximum Gasteiger partial charge on any atom is 0.268 e. The van der Waals surface area contributed by atoms with Gasteiger partial charge in [0, 0.05) is 6.42 Å². The van der Waals surface area contributed by atoms with E-state index in [9.17, 15) is 19.4 Å². The Kier molecular flexibility index (Phi) is 68.5. The first-order valence-electron chi connectivity index (χ1n) is 39.2. The predicted molar refractivity (Wildman–Crippen MR) is 381 cm³/mol. The number of rotatable bonds is 74. The Morgan fingerprint density at radius 2 is 0.644 bits per heavy atom. The number of amides is 1. The lowest BCUT2D eigenvalue weighted by Crippen LogP contribution is -2.45.